The molecule has 0 saturated heterocycles. The molecule has 1 aromatic carbocycles. The predicted molar refractivity (Wildman–Crippen MR) is 44.0 cm³/mol. The van der Waals surface area contributed by atoms with Gasteiger partial charge in [0.05, 0.1) is 0 Å². The van der Waals surface area contributed by atoms with E-state index < -0.39 is 20.1 Å². The highest BCUT2D eigenvalue weighted by Crippen LogP contribution is 2.17. The molecule has 4 heteroatoms. The van der Waals surface area contributed by atoms with Crippen molar-refractivity contribution in [3.8, 4) is 0 Å². The van der Waals surface area contributed by atoms with Crippen LogP contribution in [-0.4, -0.2) is 10.6 Å². The van der Waals surface area contributed by atoms with Crippen LogP contribution in [0.3, 0.4) is 0 Å². The van der Waals surface area contributed by atoms with Crippen LogP contribution >= 0.6 is 8.46 Å². The molecule has 62 valence electrons. The van der Waals surface area contributed by atoms with Crippen molar-refractivity contribution >= 4 is 14.0 Å². The Bertz CT molecular complexity index is 284. The molecule has 0 heterocycles. The molecule has 0 unspecified atom stereocenters. The van der Waals surface area contributed by atoms with Gasteiger partial charge in [0.15, 0.2) is 0 Å². The lowest BCUT2D eigenvalue weighted by Gasteiger charge is -2.03. The van der Waals surface area contributed by atoms with Crippen molar-refractivity contribution in [2.75, 3.05) is 0 Å². The number of carbonyl (C=O) groups is 1. The number of aliphatic hydroxyl groups excluding tert-OH is 1. The third-order valence-corrected chi connectivity index (χ3v) is 1.86. The lowest BCUT2D eigenvalue weighted by Crippen LogP contribution is -2.04. The largest absolute Gasteiger partial charge is 0.380 e. The molecule has 0 radical (unpaired) electrons. The summed E-state index contributed by atoms with van der Waals surface area (Å²) in [7, 11) is -0.656. The van der Waals surface area contributed by atoms with E-state index in [1.54, 1.807) is 30.3 Å². The Labute approximate surface area is 71.2 Å². The van der Waals surface area contributed by atoms with E-state index in [0.29, 0.717) is 5.56 Å². The number of rotatable bonds is 3. The maximum atomic E-state index is 10.7. The van der Waals surface area contributed by atoms with Gasteiger partial charge >= 0.3 is 0 Å². The first-order chi connectivity index (χ1) is 5.75. The maximum Gasteiger partial charge on any atom is 0.255 e. The van der Waals surface area contributed by atoms with Gasteiger partial charge in [0.25, 0.3) is 5.52 Å². The number of benzene rings is 1. The third-order valence-electron chi connectivity index (χ3n) is 1.44. The van der Waals surface area contributed by atoms with E-state index in [4.69, 9.17) is 0 Å². The molecule has 0 aliphatic carbocycles. The molecule has 0 bridgehead atoms. The van der Waals surface area contributed by atoms with Crippen LogP contribution in [0.15, 0.2) is 30.3 Å². The van der Waals surface area contributed by atoms with E-state index in [-0.39, 0.29) is 0 Å². The Morgan fingerprint density at radius 3 is 2.42 bits per heavy atom. The van der Waals surface area contributed by atoms with Crippen LogP contribution in [0.25, 0.3) is 0 Å². The summed E-state index contributed by atoms with van der Waals surface area (Å²) in [6.45, 7) is 0. The minimum absolute atomic E-state index is 0.464. The molecule has 0 aromatic heterocycles. The summed E-state index contributed by atoms with van der Waals surface area (Å²) < 4.78 is 10.1. The lowest BCUT2D eigenvalue weighted by atomic mass is 10.1. The highest BCUT2D eigenvalue weighted by Gasteiger charge is 2.16. The van der Waals surface area contributed by atoms with Crippen LogP contribution in [0.1, 0.15) is 11.7 Å². The number of hydrogen-bond acceptors (Lipinski definition) is 3. The summed E-state index contributed by atoms with van der Waals surface area (Å²) in [5.74, 6) is 0. The quantitative estimate of drug-likeness (QED) is 0.721. The van der Waals surface area contributed by atoms with Crippen molar-refractivity contribution in [1.29, 1.82) is 0 Å². The molecule has 1 N–H and O–H groups in total. The minimum atomic E-state index is -1.27. The second-order valence-electron chi connectivity index (χ2n) is 2.24. The zero-order valence-corrected chi connectivity index (χ0v) is 7.07. The van der Waals surface area contributed by atoms with E-state index in [9.17, 15) is 14.5 Å². The molecular formula is C8H7O3P. The molecule has 0 amide bonds. The van der Waals surface area contributed by atoms with Crippen molar-refractivity contribution in [2.45, 2.75) is 6.10 Å². The lowest BCUT2D eigenvalue weighted by molar-refractivity contribution is -0.119. The molecule has 1 aromatic rings. The summed E-state index contributed by atoms with van der Waals surface area (Å²) in [5.41, 5.74) is -0.257. The average Bonchev–Trinajstić information content (AvgIpc) is 2.17. The standard InChI is InChI=1S/C8H7O3P/c9-7(8(10)12-11)6-4-2-1-3-5-6/h1-5,7,9H/t7-/m1/s1. The van der Waals surface area contributed by atoms with E-state index in [1.165, 1.54) is 0 Å². The smallest absolute Gasteiger partial charge is 0.255 e. The van der Waals surface area contributed by atoms with Crippen molar-refractivity contribution < 1.29 is 14.5 Å². The van der Waals surface area contributed by atoms with E-state index in [0.717, 1.165) is 0 Å². The normalized spacial score (nSPS) is 12.8. The van der Waals surface area contributed by atoms with Gasteiger partial charge in [-0.05, 0) is 5.56 Å². The van der Waals surface area contributed by atoms with E-state index >= 15 is 0 Å². The predicted octanol–water partition coefficient (Wildman–Crippen LogP) is 1.54. The molecule has 0 saturated carbocycles. The maximum absolute atomic E-state index is 10.7. The van der Waals surface area contributed by atoms with Crippen molar-refractivity contribution in [1.82, 2.24) is 0 Å². The van der Waals surface area contributed by atoms with E-state index in [1.807, 2.05) is 0 Å². The molecule has 1 rings (SSSR count). The summed E-state index contributed by atoms with van der Waals surface area (Å²) in [5, 5.41) is 9.23. The molecule has 0 aliphatic heterocycles. The molecule has 0 aliphatic rings. The fourth-order valence-corrected chi connectivity index (χ4v) is 1.08. The fourth-order valence-electron chi connectivity index (χ4n) is 0.828. The Hall–Kier alpha value is -1.05. The monoisotopic (exact) mass is 182 g/mol. The summed E-state index contributed by atoms with van der Waals surface area (Å²) >= 11 is 0. The summed E-state index contributed by atoms with van der Waals surface area (Å²) in [4.78, 5) is 10.7. The minimum Gasteiger partial charge on any atom is -0.380 e. The Balaban J connectivity index is 2.85. The topological polar surface area (TPSA) is 54.4 Å². The van der Waals surface area contributed by atoms with Crippen LogP contribution in [0.4, 0.5) is 0 Å². The molecule has 3 nitrogen and oxygen atoms in total. The zero-order chi connectivity index (χ0) is 8.97. The van der Waals surface area contributed by atoms with Gasteiger partial charge in [0.2, 0.25) is 8.46 Å². The Morgan fingerprint density at radius 1 is 1.33 bits per heavy atom. The van der Waals surface area contributed by atoms with Gasteiger partial charge in [0.1, 0.15) is 6.10 Å². The SMILES string of the molecule is O=PC(=O)[C@H](O)c1ccccc1. The highest BCUT2D eigenvalue weighted by molar-refractivity contribution is 7.46. The van der Waals surface area contributed by atoms with Crippen LogP contribution in [-0.2, 0) is 9.36 Å². The van der Waals surface area contributed by atoms with Crippen molar-refractivity contribution in [3.05, 3.63) is 35.9 Å². The molecule has 12 heavy (non-hydrogen) atoms. The number of carbonyl (C=O) groups excluding carboxylic acids is 1. The summed E-state index contributed by atoms with van der Waals surface area (Å²) in [6, 6.07) is 8.39. The molecular weight excluding hydrogens is 175 g/mol. The fraction of sp³-hybridized carbons (Fsp3) is 0.125. The average molecular weight is 182 g/mol. The summed E-state index contributed by atoms with van der Waals surface area (Å²) in [6.07, 6.45) is -1.27. The van der Waals surface area contributed by atoms with Gasteiger partial charge in [-0.25, -0.2) is 0 Å². The second kappa shape index (κ2) is 4.10. The first-order valence-electron chi connectivity index (χ1n) is 3.36. The highest BCUT2D eigenvalue weighted by atomic mass is 31.1. The van der Waals surface area contributed by atoms with Crippen molar-refractivity contribution in [2.24, 2.45) is 0 Å². The zero-order valence-electron chi connectivity index (χ0n) is 6.18. The third kappa shape index (κ3) is 1.97. The van der Waals surface area contributed by atoms with Gasteiger partial charge in [-0.1, -0.05) is 30.3 Å². The number of hydrogen-bond donors (Lipinski definition) is 1. The second-order valence-corrected chi connectivity index (χ2v) is 2.87. The van der Waals surface area contributed by atoms with Gasteiger partial charge in [0, 0.05) is 0 Å². The molecule has 0 fully saturated rings. The Kier molecular flexibility index (Phi) is 3.09. The van der Waals surface area contributed by atoms with Gasteiger partial charge in [-0.3, -0.25) is 9.36 Å². The molecule has 0 spiro atoms. The van der Waals surface area contributed by atoms with Crippen LogP contribution in [0.2, 0.25) is 0 Å². The van der Waals surface area contributed by atoms with Gasteiger partial charge in [-0.15, -0.1) is 0 Å². The van der Waals surface area contributed by atoms with Crippen molar-refractivity contribution in [3.63, 3.8) is 0 Å². The van der Waals surface area contributed by atoms with Crippen LogP contribution in [0.5, 0.6) is 0 Å². The first-order valence-corrected chi connectivity index (χ1v) is 4.17. The Morgan fingerprint density at radius 2 is 1.92 bits per heavy atom. The van der Waals surface area contributed by atoms with Crippen LogP contribution in [0, 0.1) is 0 Å². The molecule has 1 atom stereocenters. The van der Waals surface area contributed by atoms with Crippen LogP contribution < -0.4 is 0 Å². The first kappa shape index (κ1) is 9.04. The van der Waals surface area contributed by atoms with Gasteiger partial charge in [-0.2, -0.15) is 0 Å². The van der Waals surface area contributed by atoms with E-state index in [2.05, 4.69) is 0 Å². The number of aliphatic hydroxyl groups is 1. The van der Waals surface area contributed by atoms with Gasteiger partial charge < -0.3 is 5.11 Å².